The van der Waals surface area contributed by atoms with Crippen molar-refractivity contribution in [3.63, 3.8) is 0 Å². The van der Waals surface area contributed by atoms with Crippen molar-refractivity contribution in [2.45, 2.75) is 32.6 Å². The zero-order chi connectivity index (χ0) is 10.9. The molecule has 0 fully saturated rings. The zero-order valence-corrected chi connectivity index (χ0v) is 10.0. The largest absolute Gasteiger partial charge is 0.293 e. The topological polar surface area (TPSA) is 12.4 Å². The summed E-state index contributed by atoms with van der Waals surface area (Å²) in [5.74, 6) is 0. The summed E-state index contributed by atoms with van der Waals surface area (Å²) < 4.78 is 0. The van der Waals surface area contributed by atoms with Gasteiger partial charge in [0, 0.05) is 17.8 Å². The molecule has 0 aliphatic rings. The molecule has 0 bridgehead atoms. The fraction of sp³-hybridized carbons (Fsp3) is 0.462. The number of rotatable bonds is 6. The van der Waals surface area contributed by atoms with Crippen molar-refractivity contribution in [3.8, 4) is 0 Å². The highest BCUT2D eigenvalue weighted by atomic mass is 35.5. The third kappa shape index (κ3) is 5.58. The second-order valence-electron chi connectivity index (χ2n) is 3.65. The van der Waals surface area contributed by atoms with Gasteiger partial charge in [-0.25, -0.2) is 0 Å². The predicted octanol–water partition coefficient (Wildman–Crippen LogP) is 4.34. The molecule has 1 nitrogen and oxygen atoms in total. The lowest BCUT2D eigenvalue weighted by atomic mass is 10.2. The van der Waals surface area contributed by atoms with E-state index in [1.165, 1.54) is 25.7 Å². The van der Waals surface area contributed by atoms with Crippen molar-refractivity contribution >= 4 is 17.8 Å². The molecular formula is C13H18ClN. The van der Waals surface area contributed by atoms with Gasteiger partial charge in [-0.3, -0.25) is 4.99 Å². The summed E-state index contributed by atoms with van der Waals surface area (Å²) in [5.41, 5.74) is 1.12. The van der Waals surface area contributed by atoms with Crippen molar-refractivity contribution in [1.82, 2.24) is 0 Å². The molecule has 0 aromatic heterocycles. The Morgan fingerprint density at radius 2 is 1.87 bits per heavy atom. The predicted molar refractivity (Wildman–Crippen MR) is 68.1 cm³/mol. The van der Waals surface area contributed by atoms with E-state index in [-0.39, 0.29) is 0 Å². The lowest BCUT2D eigenvalue weighted by molar-refractivity contribution is 0.676. The minimum atomic E-state index is 0.773. The number of halogens is 1. The van der Waals surface area contributed by atoms with Crippen LogP contribution in [0.2, 0.25) is 5.02 Å². The van der Waals surface area contributed by atoms with E-state index in [2.05, 4.69) is 11.9 Å². The average Bonchev–Trinajstić information content (AvgIpc) is 2.26. The van der Waals surface area contributed by atoms with E-state index in [4.69, 9.17) is 11.6 Å². The normalized spacial score (nSPS) is 11.1. The maximum absolute atomic E-state index is 5.79. The summed E-state index contributed by atoms with van der Waals surface area (Å²) in [6.45, 7) is 3.15. The molecule has 0 N–H and O–H groups in total. The van der Waals surface area contributed by atoms with Crippen LogP contribution >= 0.6 is 11.6 Å². The SMILES string of the molecule is CCCCCCN=Cc1ccc(Cl)cc1. The molecule has 0 amide bonds. The van der Waals surface area contributed by atoms with Crippen LogP contribution in [0.15, 0.2) is 29.3 Å². The van der Waals surface area contributed by atoms with Gasteiger partial charge in [0.2, 0.25) is 0 Å². The van der Waals surface area contributed by atoms with Gasteiger partial charge in [-0.15, -0.1) is 0 Å². The first-order valence-corrected chi connectivity index (χ1v) is 5.96. The van der Waals surface area contributed by atoms with Crippen LogP contribution in [0.5, 0.6) is 0 Å². The summed E-state index contributed by atoms with van der Waals surface area (Å²) in [6, 6.07) is 7.75. The third-order valence-electron chi connectivity index (χ3n) is 2.25. The molecule has 15 heavy (non-hydrogen) atoms. The molecule has 0 heterocycles. The molecule has 0 aliphatic carbocycles. The molecule has 0 radical (unpaired) electrons. The van der Waals surface area contributed by atoms with Gasteiger partial charge >= 0.3 is 0 Å². The highest BCUT2D eigenvalue weighted by Crippen LogP contribution is 2.08. The van der Waals surface area contributed by atoms with Crippen LogP contribution in [0.1, 0.15) is 38.2 Å². The molecule has 0 saturated heterocycles. The number of aliphatic imine (C=N–C) groups is 1. The molecule has 0 atom stereocenters. The smallest absolute Gasteiger partial charge is 0.0406 e. The first kappa shape index (κ1) is 12.3. The zero-order valence-electron chi connectivity index (χ0n) is 9.25. The molecule has 1 rings (SSSR count). The fourth-order valence-electron chi connectivity index (χ4n) is 1.35. The standard InChI is InChI=1S/C13H18ClN/c1-2-3-4-5-10-15-11-12-6-8-13(14)9-7-12/h6-9,11H,2-5,10H2,1H3. The Bertz CT molecular complexity index is 290. The molecule has 1 aromatic carbocycles. The van der Waals surface area contributed by atoms with Gasteiger partial charge in [-0.1, -0.05) is 49.9 Å². The Kier molecular flexibility index (Phi) is 6.10. The lowest BCUT2D eigenvalue weighted by Crippen LogP contribution is -1.85. The summed E-state index contributed by atoms with van der Waals surface area (Å²) in [5, 5.41) is 0.773. The van der Waals surface area contributed by atoms with Crippen LogP contribution in [0.25, 0.3) is 0 Å². The third-order valence-corrected chi connectivity index (χ3v) is 2.50. The Balaban J connectivity index is 2.23. The van der Waals surface area contributed by atoms with Gasteiger partial charge < -0.3 is 0 Å². The Hall–Kier alpha value is -0.820. The first-order chi connectivity index (χ1) is 7.33. The summed E-state index contributed by atoms with van der Waals surface area (Å²) in [4.78, 5) is 4.38. The Morgan fingerprint density at radius 3 is 2.53 bits per heavy atom. The average molecular weight is 224 g/mol. The van der Waals surface area contributed by atoms with Crippen molar-refractivity contribution < 1.29 is 0 Å². The van der Waals surface area contributed by atoms with Crippen LogP contribution in [0, 0.1) is 0 Å². The van der Waals surface area contributed by atoms with Crippen molar-refractivity contribution in [3.05, 3.63) is 34.9 Å². The monoisotopic (exact) mass is 223 g/mol. The lowest BCUT2D eigenvalue weighted by Gasteiger charge is -1.95. The number of hydrogen-bond donors (Lipinski definition) is 0. The van der Waals surface area contributed by atoms with Crippen molar-refractivity contribution in [2.75, 3.05) is 6.54 Å². The van der Waals surface area contributed by atoms with Crippen molar-refractivity contribution in [2.24, 2.45) is 4.99 Å². The van der Waals surface area contributed by atoms with Gasteiger partial charge in [0.05, 0.1) is 0 Å². The summed E-state index contributed by atoms with van der Waals surface area (Å²) in [6.07, 6.45) is 6.99. The minimum absolute atomic E-state index is 0.773. The van der Waals surface area contributed by atoms with Gasteiger partial charge in [0.1, 0.15) is 0 Å². The molecule has 0 saturated carbocycles. The highest BCUT2D eigenvalue weighted by molar-refractivity contribution is 6.30. The summed E-state index contributed by atoms with van der Waals surface area (Å²) >= 11 is 5.79. The van der Waals surface area contributed by atoms with E-state index >= 15 is 0 Å². The Labute approximate surface area is 97.2 Å². The van der Waals surface area contributed by atoms with Crippen LogP contribution in [0.4, 0.5) is 0 Å². The van der Waals surface area contributed by atoms with Crippen LogP contribution in [0.3, 0.4) is 0 Å². The minimum Gasteiger partial charge on any atom is -0.293 e. The molecule has 0 aliphatic heterocycles. The highest BCUT2D eigenvalue weighted by Gasteiger charge is 1.88. The Morgan fingerprint density at radius 1 is 1.13 bits per heavy atom. The number of hydrogen-bond acceptors (Lipinski definition) is 1. The molecule has 0 spiro atoms. The van der Waals surface area contributed by atoms with E-state index in [0.717, 1.165) is 17.1 Å². The second kappa shape index (κ2) is 7.47. The molecular weight excluding hydrogens is 206 g/mol. The van der Waals surface area contributed by atoms with Gasteiger partial charge in [-0.2, -0.15) is 0 Å². The molecule has 2 heteroatoms. The number of benzene rings is 1. The van der Waals surface area contributed by atoms with E-state index in [1.807, 2.05) is 30.5 Å². The van der Waals surface area contributed by atoms with Gasteiger partial charge in [-0.05, 0) is 24.1 Å². The quantitative estimate of drug-likeness (QED) is 0.503. The van der Waals surface area contributed by atoms with Crippen LogP contribution in [-0.2, 0) is 0 Å². The van der Waals surface area contributed by atoms with E-state index in [1.54, 1.807) is 0 Å². The molecule has 1 aromatic rings. The van der Waals surface area contributed by atoms with E-state index < -0.39 is 0 Å². The fourth-order valence-corrected chi connectivity index (χ4v) is 1.47. The number of unbranched alkanes of at least 4 members (excludes halogenated alkanes) is 3. The van der Waals surface area contributed by atoms with E-state index in [9.17, 15) is 0 Å². The van der Waals surface area contributed by atoms with Crippen molar-refractivity contribution in [1.29, 1.82) is 0 Å². The van der Waals surface area contributed by atoms with Crippen LogP contribution < -0.4 is 0 Å². The molecule has 82 valence electrons. The summed E-state index contributed by atoms with van der Waals surface area (Å²) in [7, 11) is 0. The number of nitrogens with zero attached hydrogens (tertiary/aromatic N) is 1. The first-order valence-electron chi connectivity index (χ1n) is 5.58. The van der Waals surface area contributed by atoms with Crippen LogP contribution in [-0.4, -0.2) is 12.8 Å². The maximum Gasteiger partial charge on any atom is 0.0406 e. The second-order valence-corrected chi connectivity index (χ2v) is 4.08. The van der Waals surface area contributed by atoms with Gasteiger partial charge in [0.25, 0.3) is 0 Å². The van der Waals surface area contributed by atoms with E-state index in [0.29, 0.717) is 0 Å². The maximum atomic E-state index is 5.79. The molecule has 0 unspecified atom stereocenters. The van der Waals surface area contributed by atoms with Gasteiger partial charge in [0.15, 0.2) is 0 Å².